The molecule has 2 rings (SSSR count). The highest BCUT2D eigenvalue weighted by atomic mass is 35.5. The third-order valence-corrected chi connectivity index (χ3v) is 3.73. The summed E-state index contributed by atoms with van der Waals surface area (Å²) in [6, 6.07) is 6.40. The summed E-state index contributed by atoms with van der Waals surface area (Å²) in [5.74, 6) is -1.03. The quantitative estimate of drug-likeness (QED) is 0.844. The molecule has 2 aromatic rings. The van der Waals surface area contributed by atoms with E-state index in [1.165, 1.54) is 36.7 Å². The number of benzene rings is 1. The molecule has 1 aromatic heterocycles. The van der Waals surface area contributed by atoms with Gasteiger partial charge in [-0.2, -0.15) is 0 Å². The first-order valence-corrected chi connectivity index (χ1v) is 6.84. The zero-order chi connectivity index (χ0) is 14.7. The van der Waals surface area contributed by atoms with Gasteiger partial charge in [0, 0.05) is 21.5 Å². The Labute approximate surface area is 124 Å². The van der Waals surface area contributed by atoms with Crippen LogP contribution < -0.4 is 4.74 Å². The molecule has 20 heavy (non-hydrogen) atoms. The largest absolute Gasteiger partial charge is 0.504 e. The maximum atomic E-state index is 11.3. The molecule has 0 saturated heterocycles. The third-order valence-electron chi connectivity index (χ3n) is 2.61. The second-order valence-electron chi connectivity index (χ2n) is 3.89. The number of aromatic hydroxyl groups is 1. The molecule has 0 atom stereocenters. The van der Waals surface area contributed by atoms with Crippen molar-refractivity contribution in [2.75, 3.05) is 7.11 Å². The Hall–Kier alpha value is -1.98. The van der Waals surface area contributed by atoms with Gasteiger partial charge in [-0.1, -0.05) is 17.7 Å². The topological polar surface area (TPSA) is 66.8 Å². The maximum Gasteiger partial charge on any atom is 0.337 e. The van der Waals surface area contributed by atoms with Crippen molar-refractivity contribution in [2.45, 2.75) is 0 Å². The smallest absolute Gasteiger partial charge is 0.337 e. The van der Waals surface area contributed by atoms with Crippen LogP contribution in [-0.2, 0) is 4.79 Å². The van der Waals surface area contributed by atoms with Crippen molar-refractivity contribution in [1.29, 1.82) is 0 Å². The van der Waals surface area contributed by atoms with Gasteiger partial charge in [-0.05, 0) is 23.6 Å². The van der Waals surface area contributed by atoms with Crippen LogP contribution in [0.15, 0.2) is 29.6 Å². The molecule has 0 aliphatic carbocycles. The van der Waals surface area contributed by atoms with E-state index in [9.17, 15) is 15.0 Å². The minimum atomic E-state index is -1.08. The zero-order valence-electron chi connectivity index (χ0n) is 10.5. The van der Waals surface area contributed by atoms with Crippen LogP contribution >= 0.6 is 22.9 Å². The number of phenols is 1. The van der Waals surface area contributed by atoms with Gasteiger partial charge in [0.2, 0.25) is 0 Å². The van der Waals surface area contributed by atoms with Crippen molar-refractivity contribution in [2.24, 2.45) is 0 Å². The van der Waals surface area contributed by atoms with Crippen LogP contribution in [0.4, 0.5) is 0 Å². The number of hydrogen-bond acceptors (Lipinski definition) is 4. The molecule has 0 fully saturated rings. The van der Waals surface area contributed by atoms with Gasteiger partial charge in [0.25, 0.3) is 0 Å². The average molecular weight is 311 g/mol. The predicted octanol–water partition coefficient (Wildman–Crippen LogP) is 3.74. The second kappa shape index (κ2) is 5.98. The number of phenolic OH excluding ortho intramolecular Hbond substituents is 1. The van der Waals surface area contributed by atoms with Gasteiger partial charge < -0.3 is 14.9 Å². The summed E-state index contributed by atoms with van der Waals surface area (Å²) >= 11 is 7.23. The van der Waals surface area contributed by atoms with Gasteiger partial charge in [-0.25, -0.2) is 4.79 Å². The second-order valence-corrected chi connectivity index (χ2v) is 5.27. The minimum Gasteiger partial charge on any atom is -0.504 e. The fraction of sp³-hybridized carbons (Fsp3) is 0.0714. The fourth-order valence-corrected chi connectivity index (χ4v) is 2.64. The molecular weight excluding hydrogens is 300 g/mol. The first-order chi connectivity index (χ1) is 9.52. The molecule has 0 aliphatic rings. The highest BCUT2D eigenvalue weighted by Gasteiger charge is 2.15. The van der Waals surface area contributed by atoms with Crippen molar-refractivity contribution < 1.29 is 19.7 Å². The first kappa shape index (κ1) is 14.4. The molecule has 0 radical (unpaired) electrons. The molecule has 0 unspecified atom stereocenters. The number of ether oxygens (including phenoxy) is 1. The number of halogens is 1. The molecule has 0 aliphatic heterocycles. The Morgan fingerprint density at radius 1 is 1.45 bits per heavy atom. The molecule has 104 valence electrons. The normalized spacial score (nSPS) is 11.4. The monoisotopic (exact) mass is 310 g/mol. The van der Waals surface area contributed by atoms with E-state index in [-0.39, 0.29) is 17.1 Å². The molecule has 0 spiro atoms. The molecule has 0 amide bonds. The van der Waals surface area contributed by atoms with Crippen molar-refractivity contribution in [3.63, 3.8) is 0 Å². The number of hydrogen-bond donors (Lipinski definition) is 2. The third kappa shape index (κ3) is 2.95. The Kier molecular flexibility index (Phi) is 4.32. The molecule has 6 heteroatoms. The number of thiophene rings is 1. The van der Waals surface area contributed by atoms with Crippen LogP contribution in [0.25, 0.3) is 11.6 Å². The predicted molar refractivity (Wildman–Crippen MR) is 79.5 cm³/mol. The van der Waals surface area contributed by atoms with Gasteiger partial charge >= 0.3 is 5.97 Å². The molecule has 4 nitrogen and oxygen atoms in total. The van der Waals surface area contributed by atoms with Gasteiger partial charge in [0.1, 0.15) is 0 Å². The van der Waals surface area contributed by atoms with E-state index in [1.54, 1.807) is 17.5 Å². The maximum absolute atomic E-state index is 11.3. The summed E-state index contributed by atoms with van der Waals surface area (Å²) in [7, 11) is 1.40. The van der Waals surface area contributed by atoms with Crippen LogP contribution in [0, 0.1) is 0 Å². The van der Waals surface area contributed by atoms with Crippen LogP contribution in [0.3, 0.4) is 0 Å². The van der Waals surface area contributed by atoms with Crippen LogP contribution in [0.5, 0.6) is 11.5 Å². The zero-order valence-corrected chi connectivity index (χ0v) is 12.0. The van der Waals surface area contributed by atoms with Gasteiger partial charge in [-0.3, -0.25) is 0 Å². The number of carboxylic acids is 1. The van der Waals surface area contributed by atoms with Crippen LogP contribution in [-0.4, -0.2) is 23.3 Å². The lowest BCUT2D eigenvalue weighted by molar-refractivity contribution is -0.130. The number of carboxylic acid groups (broad SMARTS) is 1. The lowest BCUT2D eigenvalue weighted by Crippen LogP contribution is -1.98. The van der Waals surface area contributed by atoms with E-state index in [4.69, 9.17) is 16.3 Å². The Morgan fingerprint density at radius 3 is 2.75 bits per heavy atom. The summed E-state index contributed by atoms with van der Waals surface area (Å²) in [4.78, 5) is 11.9. The highest BCUT2D eigenvalue weighted by Crippen LogP contribution is 2.36. The molecule has 0 bridgehead atoms. The SMILES string of the molecule is COc1cc(Cl)cc(/C=C(\C(=O)O)c2cccs2)c1O. The summed E-state index contributed by atoms with van der Waals surface area (Å²) in [5.41, 5.74) is 0.375. The number of rotatable bonds is 4. The van der Waals surface area contributed by atoms with Crippen molar-refractivity contribution in [3.05, 3.63) is 45.1 Å². The molecular formula is C14H11ClO4S. The van der Waals surface area contributed by atoms with Gasteiger partial charge in [0.15, 0.2) is 11.5 Å². The Bertz CT molecular complexity index is 662. The molecule has 2 N–H and O–H groups in total. The van der Waals surface area contributed by atoms with Gasteiger partial charge in [-0.15, -0.1) is 11.3 Å². The molecule has 1 aromatic carbocycles. The summed E-state index contributed by atoms with van der Waals surface area (Å²) in [5, 5.41) is 21.4. The van der Waals surface area contributed by atoms with E-state index in [2.05, 4.69) is 0 Å². The number of aliphatic carboxylic acids is 1. The van der Waals surface area contributed by atoms with E-state index < -0.39 is 5.97 Å². The standard InChI is InChI=1S/C14H11ClO4S/c1-19-11-7-9(15)5-8(13(11)16)6-10(14(17)18)12-3-2-4-20-12/h2-7,16H,1H3,(H,17,18)/b10-6-. The van der Waals surface area contributed by atoms with Crippen LogP contribution in [0.1, 0.15) is 10.4 Å². The molecule has 1 heterocycles. The number of methoxy groups -OCH3 is 1. The fourth-order valence-electron chi connectivity index (χ4n) is 1.69. The van der Waals surface area contributed by atoms with E-state index in [0.29, 0.717) is 15.5 Å². The summed E-state index contributed by atoms with van der Waals surface area (Å²) in [6.45, 7) is 0. The first-order valence-electron chi connectivity index (χ1n) is 5.58. The van der Waals surface area contributed by atoms with E-state index >= 15 is 0 Å². The highest BCUT2D eigenvalue weighted by molar-refractivity contribution is 7.11. The van der Waals surface area contributed by atoms with Crippen LogP contribution in [0.2, 0.25) is 5.02 Å². The molecule has 0 saturated carbocycles. The van der Waals surface area contributed by atoms with E-state index in [0.717, 1.165) is 0 Å². The van der Waals surface area contributed by atoms with Gasteiger partial charge in [0.05, 0.1) is 12.7 Å². The average Bonchev–Trinajstić information content (AvgIpc) is 2.92. The lowest BCUT2D eigenvalue weighted by atomic mass is 10.1. The Balaban J connectivity index is 2.58. The van der Waals surface area contributed by atoms with Crippen molar-refractivity contribution in [1.82, 2.24) is 0 Å². The Morgan fingerprint density at radius 2 is 2.20 bits per heavy atom. The number of carbonyl (C=O) groups is 1. The summed E-state index contributed by atoms with van der Waals surface area (Å²) in [6.07, 6.45) is 1.37. The van der Waals surface area contributed by atoms with Crippen molar-refractivity contribution >= 4 is 40.6 Å². The van der Waals surface area contributed by atoms with E-state index in [1.807, 2.05) is 0 Å². The lowest BCUT2D eigenvalue weighted by Gasteiger charge is -2.08. The minimum absolute atomic E-state index is 0.0830. The van der Waals surface area contributed by atoms with Crippen molar-refractivity contribution in [3.8, 4) is 11.5 Å². The summed E-state index contributed by atoms with van der Waals surface area (Å²) < 4.78 is 4.99.